The average Bonchev–Trinajstić information content (AvgIpc) is 2.78. The van der Waals surface area contributed by atoms with Crippen molar-refractivity contribution in [3.05, 3.63) is 47.8 Å². The molecule has 2 fully saturated rings. The zero-order valence-electron chi connectivity index (χ0n) is 18.6. The Morgan fingerprint density at radius 1 is 1.22 bits per heavy atom. The van der Waals surface area contributed by atoms with Gasteiger partial charge in [0.05, 0.1) is 35.5 Å². The van der Waals surface area contributed by atoms with E-state index in [0.717, 1.165) is 55.7 Å². The lowest BCUT2D eigenvalue weighted by Crippen LogP contribution is -2.50. The average molecular weight is 442 g/mol. The van der Waals surface area contributed by atoms with E-state index in [2.05, 4.69) is 32.4 Å². The van der Waals surface area contributed by atoms with Crippen molar-refractivity contribution < 1.29 is 14.3 Å². The number of piperidine rings is 1. The highest BCUT2D eigenvalue weighted by atomic mass is 19.1. The largest absolute Gasteiger partial charge is 0.465 e. The van der Waals surface area contributed by atoms with Gasteiger partial charge in [0.2, 0.25) is 0 Å². The van der Waals surface area contributed by atoms with Gasteiger partial charge in [0.1, 0.15) is 5.82 Å². The maximum Gasteiger partial charge on any atom is 0.404 e. The predicted octanol–water partition coefficient (Wildman–Crippen LogP) is 4.76. The van der Waals surface area contributed by atoms with Crippen molar-refractivity contribution in [1.29, 1.82) is 0 Å². The first-order valence-electron chi connectivity index (χ1n) is 11.6. The maximum atomic E-state index is 14.4. The number of anilines is 2. The second kappa shape index (κ2) is 10.1. The molecule has 172 valence electrons. The molecule has 2 atom stereocenters. The normalized spacial score (nSPS) is 21.9. The highest BCUT2D eigenvalue weighted by Gasteiger charge is 2.27. The summed E-state index contributed by atoms with van der Waals surface area (Å²) in [5.74, 6) is 0.367. The lowest BCUT2D eigenvalue weighted by Gasteiger charge is -2.38. The van der Waals surface area contributed by atoms with Crippen LogP contribution in [0.25, 0.3) is 0 Å². The fourth-order valence-corrected chi connectivity index (χ4v) is 5.07. The minimum Gasteiger partial charge on any atom is -0.465 e. The monoisotopic (exact) mass is 441 g/mol. The number of carbonyl (C=O) groups is 1. The summed E-state index contributed by atoms with van der Waals surface area (Å²) in [5.41, 5.74) is 3.25. The van der Waals surface area contributed by atoms with E-state index < -0.39 is 6.09 Å². The van der Waals surface area contributed by atoms with E-state index in [1.807, 2.05) is 6.07 Å². The van der Waals surface area contributed by atoms with E-state index in [4.69, 9.17) is 5.11 Å². The van der Waals surface area contributed by atoms with Gasteiger partial charge in [-0.2, -0.15) is 0 Å². The molecule has 8 heteroatoms. The van der Waals surface area contributed by atoms with E-state index in [1.54, 1.807) is 18.5 Å². The fraction of sp³-hybridized carbons (Fsp3) is 0.542. The van der Waals surface area contributed by atoms with Crippen LogP contribution in [0.4, 0.5) is 20.6 Å². The van der Waals surface area contributed by atoms with Gasteiger partial charge >= 0.3 is 6.09 Å². The third-order valence-electron chi connectivity index (χ3n) is 6.51. The van der Waals surface area contributed by atoms with Crippen LogP contribution in [0.3, 0.4) is 0 Å². The van der Waals surface area contributed by atoms with E-state index in [1.165, 1.54) is 12.5 Å². The Kier molecular flexibility index (Phi) is 7.07. The van der Waals surface area contributed by atoms with Crippen molar-refractivity contribution in [1.82, 2.24) is 15.3 Å². The minimum absolute atomic E-state index is 0.117. The SMILES string of the molecule is C[C@@H]1C[C@H](NC(=O)O)CN(c2ccncc2NCc2ccc(F)c(C3CCCCC3)n2)C1. The van der Waals surface area contributed by atoms with Gasteiger partial charge in [-0.15, -0.1) is 0 Å². The molecule has 0 unspecified atom stereocenters. The zero-order chi connectivity index (χ0) is 22.5. The molecule has 1 aliphatic heterocycles. The van der Waals surface area contributed by atoms with Crippen LogP contribution in [0.15, 0.2) is 30.6 Å². The van der Waals surface area contributed by atoms with Gasteiger partial charge in [-0.25, -0.2) is 9.18 Å². The quantitative estimate of drug-likeness (QED) is 0.599. The Balaban J connectivity index is 1.47. The molecule has 2 aromatic rings. The van der Waals surface area contributed by atoms with Gasteiger partial charge in [0.25, 0.3) is 0 Å². The van der Waals surface area contributed by atoms with Gasteiger partial charge in [-0.05, 0) is 43.4 Å². The number of rotatable bonds is 6. The van der Waals surface area contributed by atoms with Crippen molar-refractivity contribution in [3.63, 3.8) is 0 Å². The van der Waals surface area contributed by atoms with Gasteiger partial charge in [0.15, 0.2) is 0 Å². The second-order valence-electron chi connectivity index (χ2n) is 9.14. The Morgan fingerprint density at radius 3 is 2.81 bits per heavy atom. The second-order valence-corrected chi connectivity index (χ2v) is 9.14. The van der Waals surface area contributed by atoms with Gasteiger partial charge in [-0.3, -0.25) is 9.97 Å². The van der Waals surface area contributed by atoms with Crippen molar-refractivity contribution in [2.45, 2.75) is 64.0 Å². The first-order valence-corrected chi connectivity index (χ1v) is 11.6. The van der Waals surface area contributed by atoms with Crippen molar-refractivity contribution in [2.24, 2.45) is 5.92 Å². The van der Waals surface area contributed by atoms with Crippen LogP contribution in [0, 0.1) is 11.7 Å². The molecule has 32 heavy (non-hydrogen) atoms. The van der Waals surface area contributed by atoms with Crippen molar-refractivity contribution in [3.8, 4) is 0 Å². The molecule has 0 bridgehead atoms. The van der Waals surface area contributed by atoms with Crippen LogP contribution in [0.2, 0.25) is 0 Å². The number of pyridine rings is 2. The van der Waals surface area contributed by atoms with Crippen LogP contribution in [0.5, 0.6) is 0 Å². The standard InChI is InChI=1S/C24H32FN5O2/c1-16-11-19(29-24(31)32)15-30(14-16)22-9-10-26-13-21(22)27-12-18-7-8-20(25)23(28-18)17-5-3-2-4-6-17/h7-10,13,16-17,19,27,29H,2-6,11-12,14-15H2,1H3,(H,31,32)/t16-,19+/m1/s1. The number of aromatic nitrogens is 2. The van der Waals surface area contributed by atoms with E-state index in [0.29, 0.717) is 24.7 Å². The highest BCUT2D eigenvalue weighted by molar-refractivity contribution is 5.69. The molecule has 0 radical (unpaired) electrons. The molecule has 2 aromatic heterocycles. The molecule has 1 saturated heterocycles. The summed E-state index contributed by atoms with van der Waals surface area (Å²) in [6, 6.07) is 5.10. The first-order chi connectivity index (χ1) is 15.5. The topological polar surface area (TPSA) is 90.4 Å². The number of halogens is 1. The summed E-state index contributed by atoms with van der Waals surface area (Å²) in [6.07, 6.45) is 8.86. The number of nitrogens with one attached hydrogen (secondary N) is 2. The summed E-state index contributed by atoms with van der Waals surface area (Å²) in [6.45, 7) is 4.05. The number of hydrogen-bond donors (Lipinski definition) is 3. The molecule has 7 nitrogen and oxygen atoms in total. The van der Waals surface area contributed by atoms with Crippen LogP contribution in [-0.2, 0) is 6.54 Å². The molecule has 1 amide bonds. The molecule has 0 aromatic carbocycles. The first kappa shape index (κ1) is 22.3. The number of hydrogen-bond acceptors (Lipinski definition) is 5. The molecule has 4 rings (SSSR count). The zero-order valence-corrected chi connectivity index (χ0v) is 18.6. The van der Waals surface area contributed by atoms with E-state index in [9.17, 15) is 9.18 Å². The van der Waals surface area contributed by atoms with Gasteiger partial charge < -0.3 is 20.6 Å². The lowest BCUT2D eigenvalue weighted by molar-refractivity contribution is 0.186. The van der Waals surface area contributed by atoms with Crippen LogP contribution < -0.4 is 15.5 Å². The molecular formula is C24H32FN5O2. The molecule has 3 heterocycles. The molecule has 2 aliphatic rings. The minimum atomic E-state index is -0.992. The Hall–Kier alpha value is -2.90. The fourth-order valence-electron chi connectivity index (χ4n) is 5.07. The number of carboxylic acid groups (broad SMARTS) is 1. The Bertz CT molecular complexity index is 934. The molecular weight excluding hydrogens is 409 g/mol. The third kappa shape index (κ3) is 5.47. The lowest BCUT2D eigenvalue weighted by atomic mass is 9.86. The number of nitrogens with zero attached hydrogens (tertiary/aromatic N) is 3. The highest BCUT2D eigenvalue weighted by Crippen LogP contribution is 2.33. The molecule has 1 aliphatic carbocycles. The summed E-state index contributed by atoms with van der Waals surface area (Å²) < 4.78 is 14.4. The molecule has 3 N–H and O–H groups in total. The van der Waals surface area contributed by atoms with Gasteiger partial charge in [-0.1, -0.05) is 26.2 Å². The van der Waals surface area contributed by atoms with Crippen LogP contribution in [0.1, 0.15) is 62.8 Å². The summed E-state index contributed by atoms with van der Waals surface area (Å²) in [5, 5.41) is 15.2. The predicted molar refractivity (Wildman–Crippen MR) is 123 cm³/mol. The summed E-state index contributed by atoms with van der Waals surface area (Å²) >= 11 is 0. The molecule has 1 saturated carbocycles. The van der Waals surface area contributed by atoms with Gasteiger partial charge in [0, 0.05) is 31.2 Å². The van der Waals surface area contributed by atoms with Crippen LogP contribution in [-0.4, -0.2) is 40.3 Å². The Labute approximate surface area is 188 Å². The maximum absolute atomic E-state index is 14.4. The molecule has 0 spiro atoms. The Morgan fingerprint density at radius 2 is 2.03 bits per heavy atom. The van der Waals surface area contributed by atoms with E-state index >= 15 is 0 Å². The van der Waals surface area contributed by atoms with Crippen LogP contribution >= 0.6 is 0 Å². The smallest absolute Gasteiger partial charge is 0.404 e. The van der Waals surface area contributed by atoms with Crippen molar-refractivity contribution >= 4 is 17.5 Å². The summed E-state index contributed by atoms with van der Waals surface area (Å²) in [7, 11) is 0. The van der Waals surface area contributed by atoms with E-state index in [-0.39, 0.29) is 17.8 Å². The van der Waals surface area contributed by atoms with Crippen molar-refractivity contribution in [2.75, 3.05) is 23.3 Å². The summed E-state index contributed by atoms with van der Waals surface area (Å²) in [4.78, 5) is 22.3. The number of amides is 1. The third-order valence-corrected chi connectivity index (χ3v) is 6.51.